The highest BCUT2D eigenvalue weighted by atomic mass is 16.3. The Balaban J connectivity index is 1.23. The molecule has 2 nitrogen and oxygen atoms in total. The smallest absolute Gasteiger partial charge is 0.115 e. The maximum Gasteiger partial charge on any atom is 0.115 e. The minimum Gasteiger partial charge on any atom is -0.508 e. The number of rotatable bonds is 6. The largest absolute Gasteiger partial charge is 0.508 e. The Labute approximate surface area is 253 Å². The molecule has 0 fully saturated rings. The molecule has 7 rings (SSSR count). The van der Waals surface area contributed by atoms with Gasteiger partial charge in [-0.15, -0.1) is 0 Å². The summed E-state index contributed by atoms with van der Waals surface area (Å²) in [6.45, 7) is 4.64. The van der Waals surface area contributed by atoms with E-state index in [4.69, 9.17) is 0 Å². The normalized spacial score (nSPS) is 13.0. The van der Waals surface area contributed by atoms with E-state index in [9.17, 15) is 10.2 Å². The number of hydrogen-bond donors (Lipinski definition) is 2. The summed E-state index contributed by atoms with van der Waals surface area (Å²) in [6, 6.07) is 46.2. The summed E-state index contributed by atoms with van der Waals surface area (Å²) < 4.78 is 0. The van der Waals surface area contributed by atoms with E-state index in [0.29, 0.717) is 0 Å². The molecule has 43 heavy (non-hydrogen) atoms. The van der Waals surface area contributed by atoms with Crippen molar-refractivity contribution in [2.24, 2.45) is 0 Å². The molecule has 2 heteroatoms. The third-order valence-electron chi connectivity index (χ3n) is 9.41. The van der Waals surface area contributed by atoms with E-state index < -0.39 is 0 Å². The number of phenols is 2. The zero-order chi connectivity index (χ0) is 29.6. The first-order valence-electron chi connectivity index (χ1n) is 15.1. The molecular weight excluding hydrogens is 524 g/mol. The molecule has 0 atom stereocenters. The van der Waals surface area contributed by atoms with Crippen LogP contribution in [0.15, 0.2) is 133 Å². The summed E-state index contributed by atoms with van der Waals surface area (Å²) in [6.07, 6.45) is 2.08. The number of aromatic hydroxyl groups is 2. The molecule has 2 N–H and O–H groups in total. The van der Waals surface area contributed by atoms with Gasteiger partial charge in [-0.1, -0.05) is 111 Å². The summed E-state index contributed by atoms with van der Waals surface area (Å²) in [4.78, 5) is 0. The van der Waals surface area contributed by atoms with Gasteiger partial charge < -0.3 is 10.2 Å². The molecule has 1 aliphatic rings. The van der Waals surface area contributed by atoms with E-state index in [0.717, 1.165) is 35.1 Å². The third-order valence-corrected chi connectivity index (χ3v) is 9.41. The predicted octanol–water partition coefficient (Wildman–Crippen LogP) is 10.9. The van der Waals surface area contributed by atoms with Crippen molar-refractivity contribution in [3.8, 4) is 67.1 Å². The van der Waals surface area contributed by atoms with Crippen LogP contribution in [0.3, 0.4) is 0 Å². The molecule has 0 unspecified atom stereocenters. The lowest BCUT2D eigenvalue weighted by atomic mass is 9.73. The molecule has 6 aromatic carbocycles. The molecule has 0 spiro atoms. The van der Waals surface area contributed by atoms with Crippen LogP contribution in [-0.2, 0) is 5.41 Å². The lowest BCUT2D eigenvalue weighted by molar-refractivity contribution is 0.475. The number of fused-ring (bicyclic) bond motifs is 3. The summed E-state index contributed by atoms with van der Waals surface area (Å²) in [7, 11) is 0. The van der Waals surface area contributed by atoms with Crippen LogP contribution in [0.2, 0.25) is 0 Å². The minimum atomic E-state index is -0.0331. The van der Waals surface area contributed by atoms with E-state index in [-0.39, 0.29) is 16.9 Å². The highest BCUT2D eigenvalue weighted by Gasteiger charge is 2.40. The van der Waals surface area contributed by atoms with Crippen LogP contribution < -0.4 is 0 Å². The first kappa shape index (κ1) is 26.8. The lowest BCUT2D eigenvalue weighted by Gasteiger charge is -2.30. The fourth-order valence-electron chi connectivity index (χ4n) is 6.88. The second-order valence-corrected chi connectivity index (χ2v) is 11.6. The monoisotopic (exact) mass is 558 g/mol. The molecule has 6 aromatic rings. The summed E-state index contributed by atoms with van der Waals surface area (Å²) in [5.74, 6) is 0.566. The zero-order valence-corrected chi connectivity index (χ0v) is 24.5. The van der Waals surface area contributed by atoms with Crippen molar-refractivity contribution in [1.82, 2.24) is 0 Å². The Morgan fingerprint density at radius 1 is 0.372 bits per heavy atom. The second-order valence-electron chi connectivity index (χ2n) is 11.6. The molecule has 0 saturated carbocycles. The molecule has 0 saturated heterocycles. The average Bonchev–Trinajstić information content (AvgIpc) is 3.34. The molecule has 1 aliphatic carbocycles. The van der Waals surface area contributed by atoms with Crippen LogP contribution in [-0.4, -0.2) is 10.2 Å². The van der Waals surface area contributed by atoms with Gasteiger partial charge in [-0.05, 0) is 116 Å². The lowest BCUT2D eigenvalue weighted by Crippen LogP contribution is -2.23. The summed E-state index contributed by atoms with van der Waals surface area (Å²) in [5, 5.41) is 19.3. The van der Waals surface area contributed by atoms with Gasteiger partial charge in [-0.2, -0.15) is 0 Å². The standard InChI is InChI=1S/C41H34O2/c1-3-41(4-2)39-25-33(31-9-5-27(6-10-31)29-13-19-35(42)20-14-29)17-23-37(39)38-24-18-34(26-40(38)41)32-11-7-28(8-12-32)30-15-21-36(43)22-16-30/h5-26,42-43H,3-4H2,1-2H3. The molecular formula is C41H34O2. The van der Waals surface area contributed by atoms with Gasteiger partial charge >= 0.3 is 0 Å². The number of hydrogen-bond acceptors (Lipinski definition) is 2. The fraction of sp³-hybridized carbons (Fsp3) is 0.122. The molecule has 0 amide bonds. The molecule has 0 bridgehead atoms. The minimum absolute atomic E-state index is 0.0331. The Bertz CT molecular complexity index is 1770. The third kappa shape index (κ3) is 4.60. The van der Waals surface area contributed by atoms with E-state index >= 15 is 0 Å². The van der Waals surface area contributed by atoms with E-state index in [1.54, 1.807) is 24.3 Å². The van der Waals surface area contributed by atoms with Crippen LogP contribution in [0.5, 0.6) is 11.5 Å². The first-order valence-corrected chi connectivity index (χ1v) is 15.1. The first-order chi connectivity index (χ1) is 21.0. The van der Waals surface area contributed by atoms with E-state index in [1.165, 1.54) is 44.5 Å². The van der Waals surface area contributed by atoms with Gasteiger partial charge in [0, 0.05) is 5.41 Å². The Morgan fingerprint density at radius 2 is 0.628 bits per heavy atom. The number of benzene rings is 6. The highest BCUT2D eigenvalue weighted by molar-refractivity contribution is 5.86. The highest BCUT2D eigenvalue weighted by Crippen LogP contribution is 2.54. The quantitative estimate of drug-likeness (QED) is 0.213. The average molecular weight is 559 g/mol. The van der Waals surface area contributed by atoms with Gasteiger partial charge in [0.05, 0.1) is 0 Å². The van der Waals surface area contributed by atoms with Crippen molar-refractivity contribution in [1.29, 1.82) is 0 Å². The van der Waals surface area contributed by atoms with Crippen molar-refractivity contribution in [3.63, 3.8) is 0 Å². The maximum absolute atomic E-state index is 9.64. The van der Waals surface area contributed by atoms with Gasteiger partial charge in [-0.3, -0.25) is 0 Å². The Kier molecular flexibility index (Phi) is 6.63. The Morgan fingerprint density at radius 3 is 0.930 bits per heavy atom. The van der Waals surface area contributed by atoms with Crippen molar-refractivity contribution in [3.05, 3.63) is 145 Å². The SMILES string of the molecule is CCC1(CC)c2cc(-c3ccc(-c4ccc(O)cc4)cc3)ccc2-c2ccc(-c3ccc(-c4ccc(O)cc4)cc3)cc21. The van der Waals surface area contributed by atoms with Crippen LogP contribution >= 0.6 is 0 Å². The van der Waals surface area contributed by atoms with Gasteiger partial charge in [0.1, 0.15) is 11.5 Å². The fourth-order valence-corrected chi connectivity index (χ4v) is 6.88. The summed E-state index contributed by atoms with van der Waals surface area (Å²) >= 11 is 0. The van der Waals surface area contributed by atoms with E-state index in [1.807, 2.05) is 24.3 Å². The molecule has 0 heterocycles. The molecule has 0 aromatic heterocycles. The van der Waals surface area contributed by atoms with Gasteiger partial charge in [0.25, 0.3) is 0 Å². The van der Waals surface area contributed by atoms with Crippen LogP contribution in [0.1, 0.15) is 37.8 Å². The second kappa shape index (κ2) is 10.6. The summed E-state index contributed by atoms with van der Waals surface area (Å²) in [5.41, 5.74) is 14.8. The van der Waals surface area contributed by atoms with Gasteiger partial charge in [0.15, 0.2) is 0 Å². The van der Waals surface area contributed by atoms with Crippen LogP contribution in [0.4, 0.5) is 0 Å². The molecule has 0 radical (unpaired) electrons. The van der Waals surface area contributed by atoms with Crippen LogP contribution in [0, 0.1) is 0 Å². The maximum atomic E-state index is 9.64. The topological polar surface area (TPSA) is 40.5 Å². The van der Waals surface area contributed by atoms with Crippen LogP contribution in [0.25, 0.3) is 55.6 Å². The van der Waals surface area contributed by atoms with E-state index in [2.05, 4.69) is 98.8 Å². The van der Waals surface area contributed by atoms with Gasteiger partial charge in [-0.25, -0.2) is 0 Å². The van der Waals surface area contributed by atoms with Crippen molar-refractivity contribution in [2.75, 3.05) is 0 Å². The number of phenolic OH excluding ortho intramolecular Hbond substituents is 2. The van der Waals surface area contributed by atoms with Crippen molar-refractivity contribution >= 4 is 0 Å². The molecule has 210 valence electrons. The van der Waals surface area contributed by atoms with Crippen molar-refractivity contribution in [2.45, 2.75) is 32.1 Å². The predicted molar refractivity (Wildman–Crippen MR) is 178 cm³/mol. The van der Waals surface area contributed by atoms with Crippen molar-refractivity contribution < 1.29 is 10.2 Å². The van der Waals surface area contributed by atoms with Gasteiger partial charge in [0.2, 0.25) is 0 Å². The Hall–Kier alpha value is -5.08. The zero-order valence-electron chi connectivity index (χ0n) is 24.5. The molecule has 0 aliphatic heterocycles.